The summed E-state index contributed by atoms with van der Waals surface area (Å²) in [6.45, 7) is 2.28. The van der Waals surface area contributed by atoms with Gasteiger partial charge in [-0.15, -0.1) is 0 Å². The molecule has 0 aromatic carbocycles. The number of unbranched alkanes of at least 4 members (excludes halogenated alkanes) is 11. The lowest BCUT2D eigenvalue weighted by atomic mass is 10.1. The molecule has 0 aromatic rings. The van der Waals surface area contributed by atoms with Crippen molar-refractivity contribution < 1.29 is 4.74 Å². The minimum atomic E-state index is 1.20. The largest absolute Gasteiger partial charge is 0.504 e. The van der Waals surface area contributed by atoms with Crippen LogP contribution in [0, 0.1) is 0 Å². The highest BCUT2D eigenvalue weighted by Crippen LogP contribution is 2.11. The van der Waals surface area contributed by atoms with Crippen LogP contribution in [0.4, 0.5) is 0 Å². The Morgan fingerprint density at radius 2 is 1.21 bits per heavy atom. The van der Waals surface area contributed by atoms with E-state index in [2.05, 4.69) is 19.1 Å². The Labute approximate surface area is 121 Å². The van der Waals surface area contributed by atoms with Crippen LogP contribution >= 0.6 is 0 Å². The fourth-order valence-corrected chi connectivity index (χ4v) is 2.23. The molecule has 19 heavy (non-hydrogen) atoms. The summed E-state index contributed by atoms with van der Waals surface area (Å²) < 4.78 is 4.82. The van der Waals surface area contributed by atoms with Gasteiger partial charge in [-0.3, -0.25) is 0 Å². The molecule has 0 heterocycles. The van der Waals surface area contributed by atoms with Crippen LogP contribution < -0.4 is 0 Å². The van der Waals surface area contributed by atoms with Crippen LogP contribution in [-0.4, -0.2) is 7.11 Å². The molecule has 0 atom stereocenters. The average molecular weight is 266 g/mol. The van der Waals surface area contributed by atoms with Crippen molar-refractivity contribution in [3.63, 3.8) is 0 Å². The van der Waals surface area contributed by atoms with E-state index in [0.717, 1.165) is 0 Å². The second-order valence-corrected chi connectivity index (χ2v) is 5.32. The van der Waals surface area contributed by atoms with Gasteiger partial charge in [-0.25, -0.2) is 0 Å². The third-order valence-electron chi connectivity index (χ3n) is 3.44. The lowest BCUT2D eigenvalue weighted by molar-refractivity contribution is 0.338. The zero-order valence-corrected chi connectivity index (χ0v) is 13.2. The number of hydrogen-bond donors (Lipinski definition) is 0. The molecule has 0 bridgehead atoms. The van der Waals surface area contributed by atoms with Crippen LogP contribution in [0.1, 0.15) is 84.0 Å². The Morgan fingerprint density at radius 3 is 1.74 bits per heavy atom. The maximum Gasteiger partial charge on any atom is 0.0824 e. The summed E-state index contributed by atoms with van der Waals surface area (Å²) in [6, 6.07) is 0. The summed E-state index contributed by atoms with van der Waals surface area (Å²) >= 11 is 0. The summed E-state index contributed by atoms with van der Waals surface area (Å²) in [5.41, 5.74) is 0. The molecule has 0 spiro atoms. The van der Waals surface area contributed by atoms with Crippen molar-refractivity contribution in [2.75, 3.05) is 7.11 Å². The van der Waals surface area contributed by atoms with E-state index in [-0.39, 0.29) is 0 Å². The van der Waals surface area contributed by atoms with Crippen LogP contribution in [0.15, 0.2) is 24.5 Å². The van der Waals surface area contributed by atoms with Gasteiger partial charge in [0, 0.05) is 0 Å². The Balaban J connectivity index is 3.02. The molecule has 0 unspecified atom stereocenters. The van der Waals surface area contributed by atoms with Crippen molar-refractivity contribution in [3.05, 3.63) is 24.5 Å². The van der Waals surface area contributed by atoms with E-state index in [1.807, 2.05) is 6.08 Å². The first-order valence-electron chi connectivity index (χ1n) is 8.26. The van der Waals surface area contributed by atoms with Crippen molar-refractivity contribution in [2.24, 2.45) is 0 Å². The Bertz CT molecular complexity index is 206. The molecule has 112 valence electrons. The minimum Gasteiger partial charge on any atom is -0.504 e. The Hall–Kier alpha value is -0.720. The first-order valence-corrected chi connectivity index (χ1v) is 8.26. The standard InChI is InChI=1S/C18H34O/c1-3-4-5-6-7-8-9-10-11-12-13-14-15-16-17-18-19-2/h15-18H,3-14H2,1-2H3/b16-15+,18-17+. The van der Waals surface area contributed by atoms with Crippen molar-refractivity contribution >= 4 is 0 Å². The zero-order valence-electron chi connectivity index (χ0n) is 13.2. The molecule has 0 aliphatic rings. The van der Waals surface area contributed by atoms with E-state index >= 15 is 0 Å². The van der Waals surface area contributed by atoms with Gasteiger partial charge in [0.25, 0.3) is 0 Å². The van der Waals surface area contributed by atoms with E-state index < -0.39 is 0 Å². The van der Waals surface area contributed by atoms with Crippen molar-refractivity contribution in [2.45, 2.75) is 84.0 Å². The lowest BCUT2D eigenvalue weighted by Gasteiger charge is -2.01. The van der Waals surface area contributed by atoms with Gasteiger partial charge in [-0.05, 0) is 18.9 Å². The van der Waals surface area contributed by atoms with Gasteiger partial charge in [-0.2, -0.15) is 0 Å². The highest BCUT2D eigenvalue weighted by atomic mass is 16.5. The molecular weight excluding hydrogens is 232 g/mol. The van der Waals surface area contributed by atoms with Gasteiger partial charge in [0.15, 0.2) is 0 Å². The molecule has 0 radical (unpaired) electrons. The molecule has 1 heteroatoms. The van der Waals surface area contributed by atoms with Crippen molar-refractivity contribution in [1.82, 2.24) is 0 Å². The third kappa shape index (κ3) is 17.3. The molecule has 0 aromatic heterocycles. The zero-order chi connectivity index (χ0) is 14.0. The summed E-state index contributed by atoms with van der Waals surface area (Å²) in [4.78, 5) is 0. The highest BCUT2D eigenvalue weighted by molar-refractivity contribution is 4.99. The average Bonchev–Trinajstić information content (AvgIpc) is 2.43. The molecule has 0 N–H and O–H groups in total. The second-order valence-electron chi connectivity index (χ2n) is 5.32. The monoisotopic (exact) mass is 266 g/mol. The van der Waals surface area contributed by atoms with E-state index in [4.69, 9.17) is 4.74 Å². The molecule has 0 rings (SSSR count). The molecule has 1 nitrogen and oxygen atoms in total. The number of allylic oxidation sites excluding steroid dienone is 3. The molecule has 0 aliphatic heterocycles. The van der Waals surface area contributed by atoms with Gasteiger partial charge in [-0.1, -0.05) is 83.3 Å². The maximum atomic E-state index is 4.82. The lowest BCUT2D eigenvalue weighted by Crippen LogP contribution is -1.81. The first kappa shape index (κ1) is 18.3. The Kier molecular flexibility index (Phi) is 16.6. The molecule has 0 saturated heterocycles. The molecular formula is C18H34O. The van der Waals surface area contributed by atoms with Crippen LogP contribution in [0.2, 0.25) is 0 Å². The predicted molar refractivity (Wildman–Crippen MR) is 86.4 cm³/mol. The maximum absolute atomic E-state index is 4.82. The van der Waals surface area contributed by atoms with E-state index in [9.17, 15) is 0 Å². The molecule has 0 amide bonds. The number of rotatable bonds is 14. The number of hydrogen-bond acceptors (Lipinski definition) is 1. The van der Waals surface area contributed by atoms with Crippen molar-refractivity contribution in [1.29, 1.82) is 0 Å². The summed E-state index contributed by atoms with van der Waals surface area (Å²) in [5, 5.41) is 0. The van der Waals surface area contributed by atoms with Gasteiger partial charge in [0.2, 0.25) is 0 Å². The van der Waals surface area contributed by atoms with Gasteiger partial charge < -0.3 is 4.74 Å². The topological polar surface area (TPSA) is 9.23 Å². The minimum absolute atomic E-state index is 1.20. The van der Waals surface area contributed by atoms with Gasteiger partial charge in [0.05, 0.1) is 13.4 Å². The van der Waals surface area contributed by atoms with Gasteiger partial charge in [0.1, 0.15) is 0 Å². The van der Waals surface area contributed by atoms with Crippen LogP contribution in [-0.2, 0) is 4.74 Å². The Morgan fingerprint density at radius 1 is 0.684 bits per heavy atom. The van der Waals surface area contributed by atoms with Crippen LogP contribution in [0.25, 0.3) is 0 Å². The van der Waals surface area contributed by atoms with Gasteiger partial charge >= 0.3 is 0 Å². The van der Waals surface area contributed by atoms with Crippen molar-refractivity contribution in [3.8, 4) is 0 Å². The molecule has 0 saturated carbocycles. The number of methoxy groups -OCH3 is 1. The predicted octanol–water partition coefficient (Wildman–Crippen LogP) is 6.40. The quantitative estimate of drug-likeness (QED) is 0.201. The first-order chi connectivity index (χ1) is 9.41. The van der Waals surface area contributed by atoms with E-state index in [1.54, 1.807) is 13.4 Å². The van der Waals surface area contributed by atoms with E-state index in [1.165, 1.54) is 77.0 Å². The fraction of sp³-hybridized carbons (Fsp3) is 0.778. The van der Waals surface area contributed by atoms with E-state index in [0.29, 0.717) is 0 Å². The third-order valence-corrected chi connectivity index (χ3v) is 3.44. The SMILES string of the molecule is CCCCCCCCCCCCC/C=C/C=C/OC. The summed E-state index contributed by atoms with van der Waals surface area (Å²) in [7, 11) is 1.67. The molecule has 0 aliphatic carbocycles. The normalized spacial score (nSPS) is 11.7. The van der Waals surface area contributed by atoms with Crippen LogP contribution in [0.3, 0.4) is 0 Å². The summed E-state index contributed by atoms with van der Waals surface area (Å²) in [6.07, 6.45) is 24.7. The number of ether oxygens (including phenoxy) is 1. The molecule has 0 fully saturated rings. The highest BCUT2D eigenvalue weighted by Gasteiger charge is 1.92. The second kappa shape index (κ2) is 17.3. The summed E-state index contributed by atoms with van der Waals surface area (Å²) in [5.74, 6) is 0. The fourth-order valence-electron chi connectivity index (χ4n) is 2.23. The van der Waals surface area contributed by atoms with Crippen LogP contribution in [0.5, 0.6) is 0 Å². The smallest absolute Gasteiger partial charge is 0.0824 e.